The molecule has 0 radical (unpaired) electrons. The molecule has 82 valence electrons. The predicted molar refractivity (Wildman–Crippen MR) is 48.2 cm³/mol. The molecule has 1 atom stereocenters. The smallest absolute Gasteiger partial charge is 0.315 e. The third-order valence-electron chi connectivity index (χ3n) is 2.01. The van der Waals surface area contributed by atoms with Crippen molar-refractivity contribution in [3.05, 3.63) is 35.4 Å². The fourth-order valence-corrected chi connectivity index (χ4v) is 1.23. The van der Waals surface area contributed by atoms with E-state index in [0.29, 0.717) is 6.07 Å². The largest absolute Gasteiger partial charge is 0.468 e. The van der Waals surface area contributed by atoms with E-state index in [9.17, 15) is 13.6 Å². The van der Waals surface area contributed by atoms with Gasteiger partial charge in [-0.3, -0.25) is 4.79 Å². The van der Waals surface area contributed by atoms with E-state index in [1.54, 1.807) is 0 Å². The van der Waals surface area contributed by atoms with E-state index in [-0.39, 0.29) is 5.56 Å². The van der Waals surface area contributed by atoms with Gasteiger partial charge in [0.15, 0.2) is 0 Å². The molecule has 0 fully saturated rings. The van der Waals surface area contributed by atoms with Crippen LogP contribution in [0.5, 0.6) is 0 Å². The molecule has 0 amide bonds. The number of ether oxygens (including phenoxy) is 1. The van der Waals surface area contributed by atoms with E-state index < -0.39 is 30.1 Å². The molecule has 0 aromatic heterocycles. The lowest BCUT2D eigenvalue weighted by atomic mass is 9.99. The second-order valence-electron chi connectivity index (χ2n) is 2.92. The first-order valence-electron chi connectivity index (χ1n) is 4.23. The molecule has 0 aliphatic heterocycles. The number of benzene rings is 1. The maximum Gasteiger partial charge on any atom is 0.315 e. The van der Waals surface area contributed by atoms with Gasteiger partial charge in [0.2, 0.25) is 0 Å². The van der Waals surface area contributed by atoms with E-state index in [0.717, 1.165) is 19.2 Å². The Morgan fingerprint density at radius 3 is 2.67 bits per heavy atom. The van der Waals surface area contributed by atoms with Gasteiger partial charge in [-0.1, -0.05) is 6.07 Å². The summed E-state index contributed by atoms with van der Waals surface area (Å²) in [6.07, 6.45) is 0. The van der Waals surface area contributed by atoms with E-state index in [1.165, 1.54) is 0 Å². The average molecular weight is 216 g/mol. The van der Waals surface area contributed by atoms with Crippen molar-refractivity contribution in [2.75, 3.05) is 13.7 Å². The Morgan fingerprint density at radius 2 is 2.20 bits per heavy atom. The number of halogens is 2. The molecular formula is C10H10F2O3. The summed E-state index contributed by atoms with van der Waals surface area (Å²) >= 11 is 0. The van der Waals surface area contributed by atoms with E-state index in [4.69, 9.17) is 5.11 Å². The van der Waals surface area contributed by atoms with Gasteiger partial charge in [-0.2, -0.15) is 0 Å². The first-order valence-corrected chi connectivity index (χ1v) is 4.23. The van der Waals surface area contributed by atoms with Crippen LogP contribution in [0.4, 0.5) is 8.78 Å². The number of rotatable bonds is 3. The molecule has 3 nitrogen and oxygen atoms in total. The second kappa shape index (κ2) is 4.84. The van der Waals surface area contributed by atoms with Crippen LogP contribution in [-0.2, 0) is 9.53 Å². The summed E-state index contributed by atoms with van der Waals surface area (Å²) < 4.78 is 30.2. The summed E-state index contributed by atoms with van der Waals surface area (Å²) in [4.78, 5) is 11.1. The van der Waals surface area contributed by atoms with Crippen molar-refractivity contribution >= 4 is 5.97 Å². The van der Waals surface area contributed by atoms with E-state index >= 15 is 0 Å². The van der Waals surface area contributed by atoms with Crippen molar-refractivity contribution in [1.29, 1.82) is 0 Å². The number of aliphatic hydroxyl groups is 1. The first-order chi connectivity index (χ1) is 7.10. The number of hydrogen-bond acceptors (Lipinski definition) is 3. The van der Waals surface area contributed by atoms with Gasteiger partial charge in [0.1, 0.15) is 17.6 Å². The lowest BCUT2D eigenvalue weighted by Gasteiger charge is -2.12. The van der Waals surface area contributed by atoms with Crippen LogP contribution in [0.15, 0.2) is 18.2 Å². The first kappa shape index (κ1) is 11.6. The molecule has 0 saturated carbocycles. The Morgan fingerprint density at radius 1 is 1.53 bits per heavy atom. The highest BCUT2D eigenvalue weighted by molar-refractivity contribution is 5.78. The zero-order valence-electron chi connectivity index (χ0n) is 8.04. The van der Waals surface area contributed by atoms with Gasteiger partial charge in [0.05, 0.1) is 13.7 Å². The number of esters is 1. The monoisotopic (exact) mass is 216 g/mol. The van der Waals surface area contributed by atoms with Gasteiger partial charge in [-0.05, 0) is 6.07 Å². The summed E-state index contributed by atoms with van der Waals surface area (Å²) in [6, 6.07) is 2.79. The second-order valence-corrected chi connectivity index (χ2v) is 2.92. The van der Waals surface area contributed by atoms with Gasteiger partial charge >= 0.3 is 5.97 Å². The molecular weight excluding hydrogens is 206 g/mol. The Hall–Kier alpha value is -1.49. The van der Waals surface area contributed by atoms with Crippen molar-refractivity contribution in [3.8, 4) is 0 Å². The standard InChI is InChI=1S/C10H10F2O3/c1-15-10(14)8(5-13)7-3-2-6(11)4-9(7)12/h2-4,8,13H,5H2,1H3. The third kappa shape index (κ3) is 2.50. The zero-order valence-corrected chi connectivity index (χ0v) is 8.04. The topological polar surface area (TPSA) is 46.5 Å². The Bertz CT molecular complexity index is 366. The minimum atomic E-state index is -1.12. The molecule has 0 saturated heterocycles. The van der Waals surface area contributed by atoms with Crippen LogP contribution >= 0.6 is 0 Å². The summed E-state index contributed by atoms with van der Waals surface area (Å²) in [5.74, 6) is -3.49. The SMILES string of the molecule is COC(=O)C(CO)c1ccc(F)cc1F. The number of methoxy groups -OCH3 is 1. The van der Waals surface area contributed by atoms with Gasteiger partial charge in [-0.15, -0.1) is 0 Å². The lowest BCUT2D eigenvalue weighted by Crippen LogP contribution is -2.19. The Balaban J connectivity index is 3.07. The molecule has 1 N–H and O–H groups in total. The van der Waals surface area contributed by atoms with Crippen molar-refractivity contribution in [3.63, 3.8) is 0 Å². The van der Waals surface area contributed by atoms with Crippen LogP contribution in [-0.4, -0.2) is 24.8 Å². The minimum absolute atomic E-state index is 0.0780. The molecule has 1 aromatic rings. The van der Waals surface area contributed by atoms with Gasteiger partial charge < -0.3 is 9.84 Å². The van der Waals surface area contributed by atoms with Crippen LogP contribution in [0.3, 0.4) is 0 Å². The molecule has 0 heterocycles. The normalized spacial score (nSPS) is 12.3. The average Bonchev–Trinajstić information content (AvgIpc) is 2.21. The maximum absolute atomic E-state index is 13.2. The van der Waals surface area contributed by atoms with Crippen molar-refractivity contribution in [2.45, 2.75) is 5.92 Å². The molecule has 0 spiro atoms. The van der Waals surface area contributed by atoms with Gasteiger partial charge in [-0.25, -0.2) is 8.78 Å². The highest BCUT2D eigenvalue weighted by Gasteiger charge is 2.23. The van der Waals surface area contributed by atoms with Crippen molar-refractivity contribution in [2.24, 2.45) is 0 Å². The maximum atomic E-state index is 13.2. The molecule has 0 aliphatic carbocycles. The molecule has 0 bridgehead atoms. The minimum Gasteiger partial charge on any atom is -0.468 e. The van der Waals surface area contributed by atoms with Crippen molar-refractivity contribution in [1.82, 2.24) is 0 Å². The fourth-order valence-electron chi connectivity index (χ4n) is 1.23. The number of hydrogen-bond donors (Lipinski definition) is 1. The molecule has 1 aromatic carbocycles. The fraction of sp³-hybridized carbons (Fsp3) is 0.300. The molecule has 15 heavy (non-hydrogen) atoms. The van der Waals surface area contributed by atoms with Crippen LogP contribution in [0.2, 0.25) is 0 Å². The van der Waals surface area contributed by atoms with Crippen LogP contribution < -0.4 is 0 Å². The van der Waals surface area contributed by atoms with Gasteiger partial charge in [0, 0.05) is 11.6 Å². The molecule has 0 aliphatic rings. The highest BCUT2D eigenvalue weighted by Crippen LogP contribution is 2.20. The molecule has 1 rings (SSSR count). The van der Waals surface area contributed by atoms with Crippen molar-refractivity contribution < 1.29 is 23.4 Å². The highest BCUT2D eigenvalue weighted by atomic mass is 19.1. The molecule has 1 unspecified atom stereocenters. The summed E-state index contributed by atoms with van der Waals surface area (Å²) in [5, 5.41) is 8.91. The van der Waals surface area contributed by atoms with Crippen LogP contribution in [0, 0.1) is 11.6 Å². The van der Waals surface area contributed by atoms with Crippen LogP contribution in [0.1, 0.15) is 11.5 Å². The molecule has 5 heteroatoms. The van der Waals surface area contributed by atoms with Crippen LogP contribution in [0.25, 0.3) is 0 Å². The Labute approximate surface area is 85.3 Å². The predicted octanol–water partition coefficient (Wildman–Crippen LogP) is 1.21. The third-order valence-corrected chi connectivity index (χ3v) is 2.01. The summed E-state index contributed by atoms with van der Waals surface area (Å²) in [6.45, 7) is -0.588. The quantitative estimate of drug-likeness (QED) is 0.772. The number of carbonyl (C=O) groups excluding carboxylic acids is 1. The van der Waals surface area contributed by atoms with Gasteiger partial charge in [0.25, 0.3) is 0 Å². The number of aliphatic hydroxyl groups excluding tert-OH is 1. The summed E-state index contributed by atoms with van der Waals surface area (Å²) in [5.41, 5.74) is -0.0780. The number of carbonyl (C=O) groups is 1. The van der Waals surface area contributed by atoms with E-state index in [1.807, 2.05) is 0 Å². The summed E-state index contributed by atoms with van der Waals surface area (Å²) in [7, 11) is 1.13. The zero-order chi connectivity index (χ0) is 11.4. The van der Waals surface area contributed by atoms with E-state index in [2.05, 4.69) is 4.74 Å². The lowest BCUT2D eigenvalue weighted by molar-refractivity contribution is -0.143. The Kier molecular flexibility index (Phi) is 3.74.